The van der Waals surface area contributed by atoms with Gasteiger partial charge >= 0.3 is 17.9 Å². The molecule has 0 amide bonds. The van der Waals surface area contributed by atoms with Crippen molar-refractivity contribution in [2.45, 2.75) is 200 Å². The average Bonchev–Trinajstić information content (AvgIpc) is 3.22. The zero-order valence-corrected chi connectivity index (χ0v) is 37.3. The second-order valence-electron chi connectivity index (χ2n) is 15.1. The highest BCUT2D eigenvalue weighted by Crippen LogP contribution is 2.14. The maximum Gasteiger partial charge on any atom is 0.306 e. The highest BCUT2D eigenvalue weighted by Gasteiger charge is 2.19. The first kappa shape index (κ1) is 54.3. The van der Waals surface area contributed by atoms with Crippen LogP contribution in [0.15, 0.2) is 97.2 Å². The van der Waals surface area contributed by atoms with Crippen molar-refractivity contribution in [1.82, 2.24) is 0 Å². The summed E-state index contributed by atoms with van der Waals surface area (Å²) < 4.78 is 16.6. The van der Waals surface area contributed by atoms with Crippen LogP contribution in [0, 0.1) is 0 Å². The van der Waals surface area contributed by atoms with Gasteiger partial charge in [-0.1, -0.05) is 214 Å². The van der Waals surface area contributed by atoms with Crippen molar-refractivity contribution in [3.63, 3.8) is 0 Å². The SMILES string of the molecule is CC\C=C/C=C\C=C/C=C\C=C\C=C/C=C\CCCCCC(=O)OCC(COC(=O)CCC/C=C\CCCCCC)OC(=O)CCCCCCCCCCCCCC. The molecule has 58 heavy (non-hydrogen) atoms. The third-order valence-corrected chi connectivity index (χ3v) is 9.52. The summed E-state index contributed by atoms with van der Waals surface area (Å²) in [5, 5.41) is 0. The van der Waals surface area contributed by atoms with Gasteiger partial charge in [0.1, 0.15) is 13.2 Å². The van der Waals surface area contributed by atoms with Gasteiger partial charge in [-0.3, -0.25) is 14.4 Å². The van der Waals surface area contributed by atoms with Crippen molar-refractivity contribution in [3.8, 4) is 0 Å². The van der Waals surface area contributed by atoms with Crippen LogP contribution in [0.2, 0.25) is 0 Å². The minimum Gasteiger partial charge on any atom is -0.462 e. The van der Waals surface area contributed by atoms with Crippen molar-refractivity contribution in [3.05, 3.63) is 97.2 Å². The lowest BCUT2D eigenvalue weighted by molar-refractivity contribution is -0.167. The molecular formula is C52H84O6. The largest absolute Gasteiger partial charge is 0.462 e. The van der Waals surface area contributed by atoms with E-state index in [1.54, 1.807) is 0 Å². The van der Waals surface area contributed by atoms with E-state index in [1.807, 2.05) is 72.9 Å². The van der Waals surface area contributed by atoms with Gasteiger partial charge in [-0.2, -0.15) is 0 Å². The van der Waals surface area contributed by atoms with Crippen LogP contribution in [0.25, 0.3) is 0 Å². The third kappa shape index (κ3) is 43.5. The predicted molar refractivity (Wildman–Crippen MR) is 247 cm³/mol. The Morgan fingerprint density at radius 3 is 1.19 bits per heavy atom. The number of carbonyl (C=O) groups excluding carboxylic acids is 3. The lowest BCUT2D eigenvalue weighted by Crippen LogP contribution is -2.30. The van der Waals surface area contributed by atoms with Gasteiger partial charge in [0.25, 0.3) is 0 Å². The summed E-state index contributed by atoms with van der Waals surface area (Å²) in [4.78, 5) is 37.7. The van der Waals surface area contributed by atoms with Gasteiger partial charge in [0, 0.05) is 19.3 Å². The fraction of sp³-hybridized carbons (Fsp3) is 0.635. The van der Waals surface area contributed by atoms with E-state index < -0.39 is 6.10 Å². The standard InChI is InChI=1S/C52H84O6/c1-4-7-10-13-16-19-21-23-24-25-26-27-28-29-31-33-36-39-42-45-51(54)57-48-49(47-56-50(53)44-41-38-35-32-18-15-12-9-6-3)58-52(55)46-43-40-37-34-30-22-20-17-14-11-8-5-2/h7,10,13,16,19,21,23-29,31-32,35,49H,4-6,8-9,11-12,14-15,17-18,20,22,30,33-34,36-48H2,1-3H3/b10-7-,16-13-,21-19-,24-23-,26-25+,28-27-,31-29-,35-32-. The van der Waals surface area contributed by atoms with E-state index in [2.05, 4.69) is 45.1 Å². The lowest BCUT2D eigenvalue weighted by Gasteiger charge is -2.18. The molecule has 0 N–H and O–H groups in total. The number of unbranched alkanes of at least 4 members (excludes halogenated alkanes) is 19. The molecule has 1 atom stereocenters. The van der Waals surface area contributed by atoms with Gasteiger partial charge in [-0.15, -0.1) is 0 Å². The third-order valence-electron chi connectivity index (χ3n) is 9.52. The summed E-state index contributed by atoms with van der Waals surface area (Å²) in [6.07, 6.45) is 59.6. The van der Waals surface area contributed by atoms with Crippen LogP contribution >= 0.6 is 0 Å². The molecule has 6 nitrogen and oxygen atoms in total. The van der Waals surface area contributed by atoms with E-state index in [9.17, 15) is 14.4 Å². The zero-order valence-electron chi connectivity index (χ0n) is 37.3. The molecule has 0 spiro atoms. The van der Waals surface area contributed by atoms with E-state index in [-0.39, 0.29) is 31.1 Å². The summed E-state index contributed by atoms with van der Waals surface area (Å²) in [6.45, 7) is 6.36. The smallest absolute Gasteiger partial charge is 0.306 e. The molecule has 0 saturated carbocycles. The number of hydrogen-bond donors (Lipinski definition) is 0. The first-order chi connectivity index (χ1) is 28.5. The van der Waals surface area contributed by atoms with Crippen LogP contribution in [-0.2, 0) is 28.6 Å². The van der Waals surface area contributed by atoms with Gasteiger partial charge in [-0.05, 0) is 57.8 Å². The number of ether oxygens (including phenoxy) is 3. The Labute approximate surface area is 356 Å². The zero-order chi connectivity index (χ0) is 42.3. The maximum absolute atomic E-state index is 12.7. The Hall–Kier alpha value is -3.67. The Kier molecular flexibility index (Phi) is 43.1. The minimum absolute atomic E-state index is 0.108. The van der Waals surface area contributed by atoms with E-state index in [4.69, 9.17) is 14.2 Å². The molecule has 0 bridgehead atoms. The molecule has 6 heteroatoms. The molecule has 0 aromatic carbocycles. The van der Waals surface area contributed by atoms with E-state index in [0.717, 1.165) is 64.2 Å². The summed E-state index contributed by atoms with van der Waals surface area (Å²) in [6, 6.07) is 0. The van der Waals surface area contributed by atoms with Crippen molar-refractivity contribution in [1.29, 1.82) is 0 Å². The van der Waals surface area contributed by atoms with Gasteiger partial charge in [0.15, 0.2) is 6.10 Å². The Morgan fingerprint density at radius 2 is 0.707 bits per heavy atom. The van der Waals surface area contributed by atoms with Crippen LogP contribution in [0.4, 0.5) is 0 Å². The number of esters is 3. The summed E-state index contributed by atoms with van der Waals surface area (Å²) in [7, 11) is 0. The second-order valence-corrected chi connectivity index (χ2v) is 15.1. The number of carbonyl (C=O) groups is 3. The monoisotopic (exact) mass is 805 g/mol. The van der Waals surface area contributed by atoms with Crippen molar-refractivity contribution >= 4 is 17.9 Å². The quantitative estimate of drug-likeness (QED) is 0.0202. The molecule has 0 saturated heterocycles. The highest BCUT2D eigenvalue weighted by atomic mass is 16.6. The first-order valence-electron chi connectivity index (χ1n) is 23.3. The van der Waals surface area contributed by atoms with Gasteiger partial charge in [0.05, 0.1) is 0 Å². The van der Waals surface area contributed by atoms with E-state index in [1.165, 1.54) is 83.5 Å². The summed E-state index contributed by atoms with van der Waals surface area (Å²) >= 11 is 0. The maximum atomic E-state index is 12.7. The molecular weight excluding hydrogens is 721 g/mol. The van der Waals surface area contributed by atoms with Crippen molar-refractivity contribution in [2.75, 3.05) is 13.2 Å². The van der Waals surface area contributed by atoms with Gasteiger partial charge < -0.3 is 14.2 Å². The Bertz CT molecular complexity index is 1200. The number of allylic oxidation sites excluding steroid dienone is 16. The number of hydrogen-bond acceptors (Lipinski definition) is 6. The first-order valence-corrected chi connectivity index (χ1v) is 23.3. The topological polar surface area (TPSA) is 78.9 Å². The molecule has 0 aliphatic heterocycles. The average molecular weight is 805 g/mol. The summed E-state index contributed by atoms with van der Waals surface area (Å²) in [5.41, 5.74) is 0. The summed E-state index contributed by atoms with van der Waals surface area (Å²) in [5.74, 6) is -0.993. The molecule has 0 aromatic rings. The van der Waals surface area contributed by atoms with Crippen LogP contribution in [-0.4, -0.2) is 37.2 Å². The Morgan fingerprint density at radius 1 is 0.362 bits per heavy atom. The Balaban J connectivity index is 4.48. The molecule has 0 aromatic heterocycles. The minimum atomic E-state index is -0.804. The van der Waals surface area contributed by atoms with E-state index in [0.29, 0.717) is 25.7 Å². The molecule has 0 rings (SSSR count). The van der Waals surface area contributed by atoms with Crippen LogP contribution < -0.4 is 0 Å². The van der Waals surface area contributed by atoms with Crippen molar-refractivity contribution < 1.29 is 28.6 Å². The molecule has 0 heterocycles. The van der Waals surface area contributed by atoms with E-state index >= 15 is 0 Å². The highest BCUT2D eigenvalue weighted by molar-refractivity contribution is 5.71. The normalized spacial score (nSPS) is 12.9. The molecule has 328 valence electrons. The molecule has 0 aliphatic carbocycles. The second kappa shape index (κ2) is 46.0. The molecule has 0 fully saturated rings. The molecule has 0 aliphatic rings. The molecule has 0 radical (unpaired) electrons. The van der Waals surface area contributed by atoms with Gasteiger partial charge in [0.2, 0.25) is 0 Å². The van der Waals surface area contributed by atoms with Crippen LogP contribution in [0.5, 0.6) is 0 Å². The molecule has 1 unspecified atom stereocenters. The number of rotatable bonds is 40. The van der Waals surface area contributed by atoms with Crippen LogP contribution in [0.3, 0.4) is 0 Å². The van der Waals surface area contributed by atoms with Crippen LogP contribution in [0.1, 0.15) is 194 Å². The lowest BCUT2D eigenvalue weighted by atomic mass is 10.0. The fourth-order valence-corrected chi connectivity index (χ4v) is 6.02. The predicted octanol–water partition coefficient (Wildman–Crippen LogP) is 15.0. The van der Waals surface area contributed by atoms with Gasteiger partial charge in [-0.25, -0.2) is 0 Å². The van der Waals surface area contributed by atoms with Crippen molar-refractivity contribution in [2.24, 2.45) is 0 Å². The fourth-order valence-electron chi connectivity index (χ4n) is 6.02.